The summed E-state index contributed by atoms with van der Waals surface area (Å²) in [5.41, 5.74) is -0.0345. The molecule has 0 saturated heterocycles. The number of hydrogen-bond acceptors (Lipinski definition) is 4. The summed E-state index contributed by atoms with van der Waals surface area (Å²) in [5.74, 6) is -4.16. The number of halogens is 2. The first kappa shape index (κ1) is 19.0. The van der Waals surface area contributed by atoms with Crippen molar-refractivity contribution < 1.29 is 23.5 Å². The normalized spacial score (nSPS) is 12.1. The van der Waals surface area contributed by atoms with Gasteiger partial charge in [0.25, 0.3) is 0 Å². The van der Waals surface area contributed by atoms with Crippen molar-refractivity contribution in [3.63, 3.8) is 0 Å². The highest BCUT2D eigenvalue weighted by Gasteiger charge is 2.16. The molecule has 1 aromatic carbocycles. The van der Waals surface area contributed by atoms with Gasteiger partial charge in [0.1, 0.15) is 0 Å². The van der Waals surface area contributed by atoms with Crippen molar-refractivity contribution in [3.05, 3.63) is 29.8 Å². The van der Waals surface area contributed by atoms with Gasteiger partial charge in [-0.05, 0) is 25.2 Å². The molecule has 0 heterocycles. The van der Waals surface area contributed by atoms with E-state index in [1.54, 1.807) is 0 Å². The zero-order valence-corrected chi connectivity index (χ0v) is 13.1. The SMILES string of the molecule is CCN(CC)CC(O)CNC(=O)C(=O)Nc1ccc(F)c(F)c1. The Labute approximate surface area is 133 Å². The number of nitrogens with one attached hydrogen (secondary N) is 2. The van der Waals surface area contributed by atoms with Gasteiger partial charge in [-0.2, -0.15) is 0 Å². The second-order valence-electron chi connectivity index (χ2n) is 4.93. The summed E-state index contributed by atoms with van der Waals surface area (Å²) >= 11 is 0. The fraction of sp³-hybridized carbons (Fsp3) is 0.467. The number of aliphatic hydroxyl groups excluding tert-OH is 1. The number of anilines is 1. The predicted octanol–water partition coefficient (Wildman–Crippen LogP) is 0.722. The first-order valence-electron chi connectivity index (χ1n) is 7.32. The van der Waals surface area contributed by atoms with E-state index in [1.165, 1.54) is 0 Å². The molecule has 0 aliphatic heterocycles. The van der Waals surface area contributed by atoms with Gasteiger partial charge >= 0.3 is 11.8 Å². The van der Waals surface area contributed by atoms with Crippen molar-refractivity contribution in [1.82, 2.24) is 10.2 Å². The Morgan fingerprint density at radius 3 is 2.39 bits per heavy atom. The maximum atomic E-state index is 13.0. The number of likely N-dealkylation sites (N-methyl/N-ethyl adjacent to an activating group) is 1. The van der Waals surface area contributed by atoms with Crippen molar-refractivity contribution in [3.8, 4) is 0 Å². The minimum Gasteiger partial charge on any atom is -0.390 e. The molecule has 23 heavy (non-hydrogen) atoms. The zero-order chi connectivity index (χ0) is 17.4. The highest BCUT2D eigenvalue weighted by Crippen LogP contribution is 2.12. The van der Waals surface area contributed by atoms with Crippen LogP contribution in [0, 0.1) is 11.6 Å². The maximum absolute atomic E-state index is 13.0. The van der Waals surface area contributed by atoms with Crippen LogP contribution in [0.2, 0.25) is 0 Å². The van der Waals surface area contributed by atoms with Crippen LogP contribution >= 0.6 is 0 Å². The maximum Gasteiger partial charge on any atom is 0.313 e. The van der Waals surface area contributed by atoms with Crippen molar-refractivity contribution in [2.45, 2.75) is 20.0 Å². The molecule has 0 fully saturated rings. The van der Waals surface area contributed by atoms with Crippen LogP contribution in [0.15, 0.2) is 18.2 Å². The lowest BCUT2D eigenvalue weighted by Gasteiger charge is -2.21. The third-order valence-electron chi connectivity index (χ3n) is 3.25. The zero-order valence-electron chi connectivity index (χ0n) is 13.1. The van der Waals surface area contributed by atoms with Crippen molar-refractivity contribution in [2.75, 3.05) is 31.5 Å². The third-order valence-corrected chi connectivity index (χ3v) is 3.25. The van der Waals surface area contributed by atoms with E-state index in [-0.39, 0.29) is 12.2 Å². The van der Waals surface area contributed by atoms with E-state index in [4.69, 9.17) is 0 Å². The predicted molar refractivity (Wildman–Crippen MR) is 81.8 cm³/mol. The van der Waals surface area contributed by atoms with E-state index in [9.17, 15) is 23.5 Å². The molecule has 1 rings (SSSR count). The summed E-state index contributed by atoms with van der Waals surface area (Å²) in [6, 6.07) is 2.76. The number of aliphatic hydroxyl groups is 1. The largest absolute Gasteiger partial charge is 0.390 e. The number of carbonyl (C=O) groups is 2. The first-order valence-corrected chi connectivity index (χ1v) is 7.32. The summed E-state index contributed by atoms with van der Waals surface area (Å²) in [5, 5.41) is 14.2. The standard InChI is InChI=1S/C15H21F2N3O3/c1-3-20(4-2)9-11(21)8-18-14(22)15(23)19-10-5-6-12(16)13(17)7-10/h5-7,11,21H,3-4,8-9H2,1-2H3,(H,18,22)(H,19,23). The van der Waals surface area contributed by atoms with Crippen LogP contribution in [0.4, 0.5) is 14.5 Å². The molecule has 3 N–H and O–H groups in total. The Bertz CT molecular complexity index is 551. The van der Waals surface area contributed by atoms with Crippen LogP contribution in [0.5, 0.6) is 0 Å². The number of benzene rings is 1. The van der Waals surface area contributed by atoms with E-state index in [0.29, 0.717) is 6.54 Å². The minimum absolute atomic E-state index is 0.0345. The Kier molecular flexibility index (Phi) is 7.56. The van der Waals surface area contributed by atoms with Crippen LogP contribution < -0.4 is 10.6 Å². The van der Waals surface area contributed by atoms with E-state index in [0.717, 1.165) is 31.3 Å². The van der Waals surface area contributed by atoms with Gasteiger partial charge in [0.05, 0.1) is 6.10 Å². The molecule has 0 aromatic heterocycles. The van der Waals surface area contributed by atoms with Crippen LogP contribution in [0.25, 0.3) is 0 Å². The number of amides is 2. The van der Waals surface area contributed by atoms with Crippen LogP contribution in [0.1, 0.15) is 13.8 Å². The Balaban J connectivity index is 2.44. The molecular weight excluding hydrogens is 308 g/mol. The number of rotatable bonds is 7. The molecule has 2 amide bonds. The molecule has 0 aliphatic carbocycles. The molecular formula is C15H21F2N3O3. The van der Waals surface area contributed by atoms with Gasteiger partial charge in [-0.15, -0.1) is 0 Å². The molecule has 8 heteroatoms. The monoisotopic (exact) mass is 329 g/mol. The number of carbonyl (C=O) groups excluding carboxylic acids is 2. The summed E-state index contributed by atoms with van der Waals surface area (Å²) in [6.07, 6.45) is -0.810. The van der Waals surface area contributed by atoms with Gasteiger partial charge in [-0.25, -0.2) is 8.78 Å². The minimum atomic E-state index is -1.13. The molecule has 1 atom stereocenters. The van der Waals surface area contributed by atoms with Gasteiger partial charge in [-0.3, -0.25) is 9.59 Å². The average molecular weight is 329 g/mol. The Morgan fingerprint density at radius 1 is 1.17 bits per heavy atom. The van der Waals surface area contributed by atoms with Crippen molar-refractivity contribution in [1.29, 1.82) is 0 Å². The molecule has 0 spiro atoms. The topological polar surface area (TPSA) is 81.7 Å². The smallest absolute Gasteiger partial charge is 0.313 e. The molecule has 6 nitrogen and oxygen atoms in total. The van der Waals surface area contributed by atoms with E-state index in [2.05, 4.69) is 10.6 Å². The molecule has 0 aliphatic rings. The van der Waals surface area contributed by atoms with Crippen molar-refractivity contribution >= 4 is 17.5 Å². The average Bonchev–Trinajstić information content (AvgIpc) is 2.53. The van der Waals surface area contributed by atoms with Crippen LogP contribution in [0.3, 0.4) is 0 Å². The van der Waals surface area contributed by atoms with Crippen molar-refractivity contribution in [2.24, 2.45) is 0 Å². The van der Waals surface area contributed by atoms with E-state index >= 15 is 0 Å². The second kappa shape index (κ2) is 9.16. The van der Waals surface area contributed by atoms with Gasteiger partial charge in [-0.1, -0.05) is 13.8 Å². The number of nitrogens with zero attached hydrogens (tertiary/aromatic N) is 1. The fourth-order valence-corrected chi connectivity index (χ4v) is 1.90. The molecule has 0 saturated carbocycles. The van der Waals surface area contributed by atoms with E-state index < -0.39 is 29.6 Å². The quantitative estimate of drug-likeness (QED) is 0.644. The summed E-state index contributed by atoms with van der Waals surface area (Å²) < 4.78 is 25.8. The molecule has 0 radical (unpaired) electrons. The van der Waals surface area contributed by atoms with Gasteiger partial charge in [0.15, 0.2) is 11.6 Å². The van der Waals surface area contributed by atoms with Crippen LogP contribution in [-0.4, -0.2) is 54.1 Å². The summed E-state index contributed by atoms with van der Waals surface area (Å²) in [6.45, 7) is 5.71. The third kappa shape index (κ3) is 6.29. The first-order chi connectivity index (χ1) is 10.9. The molecule has 1 aromatic rings. The second-order valence-corrected chi connectivity index (χ2v) is 4.93. The lowest BCUT2D eigenvalue weighted by atomic mass is 10.3. The Morgan fingerprint density at radius 2 is 1.83 bits per heavy atom. The highest BCUT2D eigenvalue weighted by molar-refractivity contribution is 6.39. The van der Waals surface area contributed by atoms with Crippen LogP contribution in [-0.2, 0) is 9.59 Å². The number of hydrogen-bond donors (Lipinski definition) is 3. The summed E-state index contributed by atoms with van der Waals surface area (Å²) in [4.78, 5) is 25.2. The molecule has 0 bridgehead atoms. The van der Waals surface area contributed by atoms with Gasteiger partial charge in [0.2, 0.25) is 0 Å². The fourth-order valence-electron chi connectivity index (χ4n) is 1.90. The van der Waals surface area contributed by atoms with E-state index in [1.807, 2.05) is 18.7 Å². The van der Waals surface area contributed by atoms with Gasteiger partial charge in [0, 0.05) is 24.8 Å². The Hall–Kier alpha value is -2.06. The lowest BCUT2D eigenvalue weighted by Crippen LogP contribution is -2.43. The molecule has 1 unspecified atom stereocenters. The van der Waals surface area contributed by atoms with Gasteiger partial charge < -0.3 is 20.6 Å². The highest BCUT2D eigenvalue weighted by atomic mass is 19.2. The lowest BCUT2D eigenvalue weighted by molar-refractivity contribution is -0.136. The molecule has 128 valence electrons. The summed E-state index contributed by atoms with van der Waals surface area (Å²) in [7, 11) is 0.